The van der Waals surface area contributed by atoms with Crippen molar-refractivity contribution >= 4 is 17.7 Å². The molecule has 1 aromatic heterocycles. The molecule has 210 valence electrons. The SMILES string of the molecule is CCCC[C@@H](CCO)Nc1nc(N)nc(C)c1Cc1ccc(CC(=O)OCCC2CCN(C)CC2)cc1F. The predicted molar refractivity (Wildman–Crippen MR) is 149 cm³/mol. The Morgan fingerprint density at radius 1 is 1.29 bits per heavy atom. The van der Waals surface area contributed by atoms with Crippen molar-refractivity contribution < 1.29 is 19.0 Å². The number of nitrogens with zero attached hydrogens (tertiary/aromatic N) is 3. The van der Waals surface area contributed by atoms with Crippen LogP contribution in [-0.4, -0.2) is 65.3 Å². The third-order valence-corrected chi connectivity index (χ3v) is 7.42. The van der Waals surface area contributed by atoms with Crippen molar-refractivity contribution in [2.24, 2.45) is 5.92 Å². The first-order valence-corrected chi connectivity index (χ1v) is 13.9. The molecule has 1 aliphatic rings. The van der Waals surface area contributed by atoms with E-state index in [0.29, 0.717) is 41.6 Å². The Hall–Kier alpha value is -2.78. The standard InChI is InChI=1S/C29H44FN5O3/c1-4-5-6-24(11-15-36)33-28-25(20(2)32-29(31)34-28)19-23-8-7-22(17-26(23)30)18-27(37)38-16-12-21-9-13-35(3)14-10-21/h7-8,17,21,24,36H,4-6,9-16,18-19H2,1-3H3,(H3,31,32,33,34)/t24-/m0/s1. The minimum Gasteiger partial charge on any atom is -0.465 e. The summed E-state index contributed by atoms with van der Waals surface area (Å²) >= 11 is 0. The number of unbranched alkanes of at least 4 members (excludes halogenated alkanes) is 1. The average Bonchev–Trinajstić information content (AvgIpc) is 2.87. The van der Waals surface area contributed by atoms with E-state index in [1.165, 1.54) is 6.07 Å². The van der Waals surface area contributed by atoms with E-state index in [-0.39, 0.29) is 43.2 Å². The van der Waals surface area contributed by atoms with Gasteiger partial charge in [0.2, 0.25) is 5.95 Å². The van der Waals surface area contributed by atoms with E-state index in [4.69, 9.17) is 10.5 Å². The number of carbonyl (C=O) groups excluding carboxylic acids is 1. The summed E-state index contributed by atoms with van der Waals surface area (Å²) in [5, 5.41) is 12.9. The number of nitrogens with one attached hydrogen (secondary N) is 1. The maximum absolute atomic E-state index is 15.1. The lowest BCUT2D eigenvalue weighted by atomic mass is 9.94. The predicted octanol–water partition coefficient (Wildman–Crippen LogP) is 4.27. The van der Waals surface area contributed by atoms with Crippen molar-refractivity contribution in [2.75, 3.05) is 44.4 Å². The van der Waals surface area contributed by atoms with E-state index >= 15 is 4.39 Å². The molecule has 0 amide bonds. The summed E-state index contributed by atoms with van der Waals surface area (Å²) in [6.45, 7) is 6.61. The highest BCUT2D eigenvalue weighted by Gasteiger charge is 2.19. The first-order valence-electron chi connectivity index (χ1n) is 13.9. The highest BCUT2D eigenvalue weighted by Crippen LogP contribution is 2.25. The summed E-state index contributed by atoms with van der Waals surface area (Å²) in [7, 11) is 2.13. The van der Waals surface area contributed by atoms with Crippen LogP contribution in [0.25, 0.3) is 0 Å². The van der Waals surface area contributed by atoms with Gasteiger partial charge in [0.25, 0.3) is 0 Å². The first-order chi connectivity index (χ1) is 18.3. The average molecular weight is 530 g/mol. The van der Waals surface area contributed by atoms with E-state index in [0.717, 1.165) is 57.2 Å². The number of rotatable bonds is 14. The lowest BCUT2D eigenvalue weighted by molar-refractivity contribution is -0.143. The zero-order valence-electron chi connectivity index (χ0n) is 23.1. The third-order valence-electron chi connectivity index (χ3n) is 7.42. The van der Waals surface area contributed by atoms with E-state index in [2.05, 4.69) is 34.2 Å². The van der Waals surface area contributed by atoms with Crippen LogP contribution in [0.2, 0.25) is 0 Å². The molecule has 1 fully saturated rings. The molecular weight excluding hydrogens is 485 g/mol. The van der Waals surface area contributed by atoms with Gasteiger partial charge in [-0.2, -0.15) is 4.98 Å². The molecule has 0 radical (unpaired) electrons. The molecule has 0 saturated carbocycles. The van der Waals surface area contributed by atoms with Gasteiger partial charge in [0.15, 0.2) is 0 Å². The molecule has 38 heavy (non-hydrogen) atoms. The Balaban J connectivity index is 1.61. The molecular formula is C29H44FN5O3. The normalized spacial score (nSPS) is 15.4. The highest BCUT2D eigenvalue weighted by molar-refractivity contribution is 5.72. The van der Waals surface area contributed by atoms with Gasteiger partial charge in [-0.05, 0) is 82.3 Å². The Labute approximate surface area is 226 Å². The van der Waals surface area contributed by atoms with Crippen LogP contribution in [0.4, 0.5) is 16.2 Å². The molecule has 1 aliphatic heterocycles. The Morgan fingerprint density at radius 3 is 2.74 bits per heavy atom. The number of ether oxygens (including phenoxy) is 1. The lowest BCUT2D eigenvalue weighted by Crippen LogP contribution is -2.30. The smallest absolute Gasteiger partial charge is 0.310 e. The number of halogens is 1. The minimum absolute atomic E-state index is 0.0325. The summed E-state index contributed by atoms with van der Waals surface area (Å²) < 4.78 is 20.6. The summed E-state index contributed by atoms with van der Waals surface area (Å²) in [5.41, 5.74) is 8.42. The van der Waals surface area contributed by atoms with Gasteiger partial charge in [0.05, 0.1) is 13.0 Å². The molecule has 9 heteroatoms. The van der Waals surface area contributed by atoms with Crippen molar-refractivity contribution in [2.45, 2.75) is 77.7 Å². The number of aromatic nitrogens is 2. The number of esters is 1. The van der Waals surface area contributed by atoms with Gasteiger partial charge in [-0.3, -0.25) is 4.79 Å². The van der Waals surface area contributed by atoms with Gasteiger partial charge >= 0.3 is 5.97 Å². The molecule has 1 saturated heterocycles. The number of anilines is 2. The highest BCUT2D eigenvalue weighted by atomic mass is 19.1. The van der Waals surface area contributed by atoms with E-state index in [1.807, 2.05) is 6.92 Å². The van der Waals surface area contributed by atoms with E-state index in [9.17, 15) is 9.90 Å². The van der Waals surface area contributed by atoms with Crippen LogP contribution in [0.15, 0.2) is 18.2 Å². The number of carbonyl (C=O) groups is 1. The first kappa shape index (κ1) is 29.8. The van der Waals surface area contributed by atoms with Crippen molar-refractivity contribution in [1.82, 2.24) is 14.9 Å². The fourth-order valence-electron chi connectivity index (χ4n) is 4.98. The fourth-order valence-corrected chi connectivity index (χ4v) is 4.98. The third kappa shape index (κ3) is 9.20. The van der Waals surface area contributed by atoms with Gasteiger partial charge in [0, 0.05) is 30.3 Å². The number of nitrogens with two attached hydrogens (primary N) is 1. The van der Waals surface area contributed by atoms with E-state index < -0.39 is 0 Å². The van der Waals surface area contributed by atoms with Crippen LogP contribution in [0.1, 0.15) is 74.3 Å². The Bertz CT molecular complexity index is 1040. The van der Waals surface area contributed by atoms with Crippen LogP contribution >= 0.6 is 0 Å². The van der Waals surface area contributed by atoms with Crippen molar-refractivity contribution in [1.29, 1.82) is 0 Å². The Kier molecular flexibility index (Phi) is 11.7. The number of hydrogen-bond donors (Lipinski definition) is 3. The minimum atomic E-state index is -0.387. The number of aryl methyl sites for hydroxylation is 1. The molecule has 3 rings (SSSR count). The number of benzene rings is 1. The van der Waals surface area contributed by atoms with Crippen LogP contribution in [0.3, 0.4) is 0 Å². The maximum atomic E-state index is 15.1. The largest absolute Gasteiger partial charge is 0.465 e. The zero-order chi connectivity index (χ0) is 27.5. The number of aliphatic hydroxyl groups is 1. The molecule has 8 nitrogen and oxygen atoms in total. The van der Waals surface area contributed by atoms with Crippen LogP contribution < -0.4 is 11.1 Å². The summed E-state index contributed by atoms with van der Waals surface area (Å²) in [4.78, 5) is 23.3. The molecule has 4 N–H and O–H groups in total. The van der Waals surface area contributed by atoms with Crippen LogP contribution in [0, 0.1) is 18.7 Å². The molecule has 1 aromatic carbocycles. The van der Waals surface area contributed by atoms with Gasteiger partial charge in [-0.1, -0.05) is 31.9 Å². The second-order valence-electron chi connectivity index (χ2n) is 10.5. The van der Waals surface area contributed by atoms with Gasteiger partial charge in [0.1, 0.15) is 11.6 Å². The molecule has 1 atom stereocenters. The second kappa shape index (κ2) is 15.0. The van der Waals surface area contributed by atoms with Crippen molar-refractivity contribution in [3.05, 3.63) is 46.4 Å². The Morgan fingerprint density at radius 2 is 2.05 bits per heavy atom. The molecule has 0 bridgehead atoms. The van der Waals surface area contributed by atoms with Gasteiger partial charge in [-0.25, -0.2) is 9.37 Å². The number of piperidine rings is 1. The lowest BCUT2D eigenvalue weighted by Gasteiger charge is -2.28. The second-order valence-corrected chi connectivity index (χ2v) is 10.5. The topological polar surface area (TPSA) is 114 Å². The monoisotopic (exact) mass is 529 g/mol. The van der Waals surface area contributed by atoms with Crippen LogP contribution in [0.5, 0.6) is 0 Å². The van der Waals surface area contributed by atoms with E-state index in [1.54, 1.807) is 12.1 Å². The molecule has 0 aliphatic carbocycles. The molecule has 2 aromatic rings. The summed E-state index contributed by atoms with van der Waals surface area (Å²) in [6, 6.07) is 4.92. The molecule has 2 heterocycles. The zero-order valence-corrected chi connectivity index (χ0v) is 23.1. The number of aliphatic hydroxyl groups excluding tert-OH is 1. The van der Waals surface area contributed by atoms with Gasteiger partial charge in [-0.15, -0.1) is 0 Å². The van der Waals surface area contributed by atoms with Crippen molar-refractivity contribution in [3.63, 3.8) is 0 Å². The summed E-state index contributed by atoms with van der Waals surface area (Å²) in [5.74, 6) is 0.600. The fraction of sp³-hybridized carbons (Fsp3) is 0.621. The van der Waals surface area contributed by atoms with Crippen molar-refractivity contribution in [3.8, 4) is 0 Å². The van der Waals surface area contributed by atoms with Crippen LogP contribution in [-0.2, 0) is 22.4 Å². The number of nitrogen functional groups attached to an aromatic ring is 1. The maximum Gasteiger partial charge on any atom is 0.310 e. The quantitative estimate of drug-likeness (QED) is 0.311. The summed E-state index contributed by atoms with van der Waals surface area (Å²) in [6.07, 6.45) is 7.01. The number of hydrogen-bond acceptors (Lipinski definition) is 8. The molecule has 0 unspecified atom stereocenters. The number of likely N-dealkylation sites (tertiary alicyclic amines) is 1. The van der Waals surface area contributed by atoms with Gasteiger partial charge < -0.3 is 25.8 Å². The molecule has 0 spiro atoms.